The lowest BCUT2D eigenvalue weighted by Crippen LogP contribution is -2.34. The number of fused-ring (bicyclic) bond motifs is 1. The first-order valence-electron chi connectivity index (χ1n) is 6.57. The van der Waals surface area contributed by atoms with Crippen LogP contribution in [0.3, 0.4) is 0 Å². The minimum atomic E-state index is -0.547. The van der Waals surface area contributed by atoms with Gasteiger partial charge in [0, 0.05) is 22.3 Å². The van der Waals surface area contributed by atoms with Gasteiger partial charge in [-0.3, -0.25) is 0 Å². The van der Waals surface area contributed by atoms with E-state index in [2.05, 4.69) is 12.1 Å². The van der Waals surface area contributed by atoms with Crippen molar-refractivity contribution in [2.45, 2.75) is 29.0 Å². The van der Waals surface area contributed by atoms with Crippen LogP contribution in [0.2, 0.25) is 0 Å². The third kappa shape index (κ3) is 2.86. The first-order valence-corrected chi connectivity index (χ1v) is 7.45. The molecule has 4 heteroatoms. The molecule has 1 nitrogen and oxygen atoms in total. The molecule has 0 amide bonds. The molecule has 3 rings (SSSR count). The van der Waals surface area contributed by atoms with Crippen LogP contribution in [0.1, 0.15) is 11.1 Å². The van der Waals surface area contributed by atoms with Crippen molar-refractivity contribution in [3.8, 4) is 0 Å². The van der Waals surface area contributed by atoms with Gasteiger partial charge in [0.05, 0.1) is 0 Å². The van der Waals surface area contributed by atoms with Gasteiger partial charge in [-0.2, -0.15) is 0 Å². The van der Waals surface area contributed by atoms with E-state index >= 15 is 0 Å². The zero-order valence-electron chi connectivity index (χ0n) is 10.9. The zero-order valence-corrected chi connectivity index (χ0v) is 11.7. The lowest BCUT2D eigenvalue weighted by molar-refractivity contribution is 0.572. The standard InChI is InChI=1S/C16H15F2NS/c17-12-5-10(6-13(18)9-12)7-14(19)16-8-11-3-1-2-4-15(11)20-16/h1-6,9,14,16H,7-8,19H2. The maximum absolute atomic E-state index is 13.2. The number of thioether (sulfide) groups is 1. The maximum atomic E-state index is 13.2. The molecule has 2 unspecified atom stereocenters. The summed E-state index contributed by atoms with van der Waals surface area (Å²) in [5.41, 5.74) is 8.15. The number of benzene rings is 2. The summed E-state index contributed by atoms with van der Waals surface area (Å²) in [6.45, 7) is 0. The van der Waals surface area contributed by atoms with E-state index in [1.807, 2.05) is 12.1 Å². The van der Waals surface area contributed by atoms with Gasteiger partial charge in [-0.15, -0.1) is 11.8 Å². The number of nitrogens with two attached hydrogens (primary N) is 1. The molecule has 0 bridgehead atoms. The summed E-state index contributed by atoms with van der Waals surface area (Å²) in [7, 11) is 0. The molecule has 0 fully saturated rings. The van der Waals surface area contributed by atoms with Crippen molar-refractivity contribution >= 4 is 11.8 Å². The molecule has 0 radical (unpaired) electrons. The first-order chi connectivity index (χ1) is 9.61. The highest BCUT2D eigenvalue weighted by atomic mass is 32.2. The quantitative estimate of drug-likeness (QED) is 0.936. The summed E-state index contributed by atoms with van der Waals surface area (Å²) >= 11 is 1.76. The van der Waals surface area contributed by atoms with Gasteiger partial charge in [-0.25, -0.2) is 8.78 Å². The smallest absolute Gasteiger partial charge is 0.126 e. The van der Waals surface area contributed by atoms with Gasteiger partial charge in [0.25, 0.3) is 0 Å². The van der Waals surface area contributed by atoms with Crippen LogP contribution in [-0.4, -0.2) is 11.3 Å². The third-order valence-corrected chi connectivity index (χ3v) is 5.01. The SMILES string of the molecule is NC(Cc1cc(F)cc(F)c1)C1Cc2ccccc2S1. The Morgan fingerprint density at radius 1 is 1.15 bits per heavy atom. The number of halogens is 2. The molecule has 0 saturated carbocycles. The van der Waals surface area contributed by atoms with Crippen LogP contribution >= 0.6 is 11.8 Å². The Morgan fingerprint density at radius 2 is 1.85 bits per heavy atom. The number of hydrogen-bond acceptors (Lipinski definition) is 2. The third-order valence-electron chi connectivity index (χ3n) is 3.54. The minimum Gasteiger partial charge on any atom is -0.326 e. The highest BCUT2D eigenvalue weighted by Crippen LogP contribution is 2.38. The van der Waals surface area contributed by atoms with E-state index in [-0.39, 0.29) is 11.3 Å². The second kappa shape index (κ2) is 5.54. The van der Waals surface area contributed by atoms with Gasteiger partial charge >= 0.3 is 0 Å². The number of hydrogen-bond donors (Lipinski definition) is 1. The molecule has 2 atom stereocenters. The van der Waals surface area contributed by atoms with Crippen molar-refractivity contribution in [2.24, 2.45) is 5.73 Å². The molecule has 20 heavy (non-hydrogen) atoms. The summed E-state index contributed by atoms with van der Waals surface area (Å²) in [6.07, 6.45) is 1.40. The molecule has 1 aliphatic heterocycles. The topological polar surface area (TPSA) is 26.0 Å². The van der Waals surface area contributed by atoms with Crippen LogP contribution in [0.5, 0.6) is 0 Å². The van der Waals surface area contributed by atoms with Crippen LogP contribution in [-0.2, 0) is 12.8 Å². The molecular weight excluding hydrogens is 276 g/mol. The fraction of sp³-hybridized carbons (Fsp3) is 0.250. The summed E-state index contributed by atoms with van der Waals surface area (Å²) in [5, 5.41) is 0.263. The van der Waals surface area contributed by atoms with Crippen LogP contribution in [0.25, 0.3) is 0 Å². The molecule has 0 spiro atoms. The molecule has 104 valence electrons. The Kier molecular flexibility index (Phi) is 3.76. The Morgan fingerprint density at radius 3 is 2.55 bits per heavy atom. The molecule has 0 saturated heterocycles. The summed E-state index contributed by atoms with van der Waals surface area (Å²) in [6, 6.07) is 11.7. The van der Waals surface area contributed by atoms with Crippen molar-refractivity contribution in [3.05, 3.63) is 65.2 Å². The van der Waals surface area contributed by atoms with E-state index in [9.17, 15) is 8.78 Å². The molecular formula is C16H15F2NS. The van der Waals surface area contributed by atoms with E-state index in [0.717, 1.165) is 12.5 Å². The van der Waals surface area contributed by atoms with E-state index in [0.29, 0.717) is 12.0 Å². The van der Waals surface area contributed by atoms with Crippen LogP contribution in [0.4, 0.5) is 8.78 Å². The second-order valence-electron chi connectivity index (χ2n) is 5.11. The Hall–Kier alpha value is -1.39. The van der Waals surface area contributed by atoms with E-state index in [4.69, 9.17) is 5.73 Å². The monoisotopic (exact) mass is 291 g/mol. The van der Waals surface area contributed by atoms with Crippen molar-refractivity contribution in [1.29, 1.82) is 0 Å². The molecule has 2 aromatic carbocycles. The van der Waals surface area contributed by atoms with Gasteiger partial charge in [0.15, 0.2) is 0 Å². The fourth-order valence-corrected chi connectivity index (χ4v) is 3.90. The van der Waals surface area contributed by atoms with E-state index in [1.165, 1.54) is 22.6 Å². The minimum absolute atomic E-state index is 0.117. The highest BCUT2D eigenvalue weighted by molar-refractivity contribution is 8.00. The second-order valence-corrected chi connectivity index (χ2v) is 6.39. The fourth-order valence-electron chi connectivity index (χ4n) is 2.58. The Balaban J connectivity index is 1.70. The first kappa shape index (κ1) is 13.6. The summed E-state index contributed by atoms with van der Waals surface area (Å²) < 4.78 is 26.4. The molecule has 0 aromatic heterocycles. The van der Waals surface area contributed by atoms with Crippen molar-refractivity contribution in [2.75, 3.05) is 0 Å². The highest BCUT2D eigenvalue weighted by Gasteiger charge is 2.27. The van der Waals surface area contributed by atoms with E-state index in [1.54, 1.807) is 11.8 Å². The Bertz CT molecular complexity index is 584. The van der Waals surface area contributed by atoms with Crippen molar-refractivity contribution < 1.29 is 8.78 Å². The largest absolute Gasteiger partial charge is 0.326 e. The average molecular weight is 291 g/mol. The van der Waals surface area contributed by atoms with Crippen molar-refractivity contribution in [1.82, 2.24) is 0 Å². The van der Waals surface area contributed by atoms with Crippen molar-refractivity contribution in [3.63, 3.8) is 0 Å². The van der Waals surface area contributed by atoms with Crippen LogP contribution < -0.4 is 5.73 Å². The predicted molar refractivity (Wildman–Crippen MR) is 77.8 cm³/mol. The molecule has 0 aliphatic carbocycles. The number of rotatable bonds is 3. The zero-order chi connectivity index (χ0) is 14.1. The molecule has 1 heterocycles. The van der Waals surface area contributed by atoms with Gasteiger partial charge in [0.1, 0.15) is 11.6 Å². The molecule has 1 aliphatic rings. The Labute approximate surface area is 121 Å². The van der Waals surface area contributed by atoms with Gasteiger partial charge in [0.2, 0.25) is 0 Å². The normalized spacial score (nSPS) is 18.9. The van der Waals surface area contributed by atoms with Gasteiger partial charge in [-0.1, -0.05) is 18.2 Å². The lowest BCUT2D eigenvalue weighted by atomic mass is 9.99. The maximum Gasteiger partial charge on any atom is 0.126 e. The van der Waals surface area contributed by atoms with Gasteiger partial charge < -0.3 is 5.73 Å². The van der Waals surface area contributed by atoms with E-state index < -0.39 is 11.6 Å². The molecule has 2 N–H and O–H groups in total. The summed E-state index contributed by atoms with van der Waals surface area (Å²) in [5.74, 6) is -1.09. The molecule has 2 aromatic rings. The summed E-state index contributed by atoms with van der Waals surface area (Å²) in [4.78, 5) is 1.26. The lowest BCUT2D eigenvalue weighted by Gasteiger charge is -2.18. The van der Waals surface area contributed by atoms with Crippen LogP contribution in [0, 0.1) is 11.6 Å². The average Bonchev–Trinajstić information content (AvgIpc) is 2.81. The van der Waals surface area contributed by atoms with Crippen LogP contribution in [0.15, 0.2) is 47.4 Å². The van der Waals surface area contributed by atoms with Gasteiger partial charge in [-0.05, 0) is 42.2 Å². The predicted octanol–water partition coefficient (Wildman–Crippen LogP) is 3.55.